The van der Waals surface area contributed by atoms with E-state index < -0.39 is 0 Å². The summed E-state index contributed by atoms with van der Waals surface area (Å²) in [6.45, 7) is 7.42. The third-order valence-corrected chi connectivity index (χ3v) is 5.67. The number of nitrogens with zero attached hydrogens (tertiary/aromatic N) is 2. The van der Waals surface area contributed by atoms with Gasteiger partial charge in [-0.2, -0.15) is 0 Å². The van der Waals surface area contributed by atoms with E-state index in [0.717, 1.165) is 17.8 Å². The van der Waals surface area contributed by atoms with Gasteiger partial charge in [-0.15, -0.1) is 0 Å². The average Bonchev–Trinajstić information content (AvgIpc) is 2.44. The Labute approximate surface area is 132 Å². The summed E-state index contributed by atoms with van der Waals surface area (Å²) in [6.07, 6.45) is 9.50. The number of hydrogen-bond acceptors (Lipinski definition) is 3. The molecule has 0 amide bonds. The second kappa shape index (κ2) is 8.50. The van der Waals surface area contributed by atoms with Gasteiger partial charge >= 0.3 is 0 Å². The lowest BCUT2D eigenvalue weighted by Gasteiger charge is -2.40. The molecule has 21 heavy (non-hydrogen) atoms. The molecule has 1 saturated heterocycles. The molecule has 0 aromatic rings. The van der Waals surface area contributed by atoms with Crippen LogP contribution in [0.1, 0.15) is 51.9 Å². The molecule has 3 unspecified atom stereocenters. The predicted molar refractivity (Wildman–Crippen MR) is 91.4 cm³/mol. The SMILES string of the molecule is CCCC1CCC(N)C(CN2CCC(CN(C)C)CC2)C1. The molecule has 2 N–H and O–H groups in total. The first-order valence-electron chi connectivity index (χ1n) is 9.21. The van der Waals surface area contributed by atoms with Gasteiger partial charge in [0.05, 0.1) is 0 Å². The highest BCUT2D eigenvalue weighted by Crippen LogP contribution is 2.32. The Morgan fingerprint density at radius 3 is 2.38 bits per heavy atom. The maximum absolute atomic E-state index is 6.41. The van der Waals surface area contributed by atoms with Crippen LogP contribution in [0.2, 0.25) is 0 Å². The summed E-state index contributed by atoms with van der Waals surface area (Å²) in [7, 11) is 4.39. The van der Waals surface area contributed by atoms with Crippen LogP contribution in [-0.2, 0) is 0 Å². The number of nitrogens with two attached hydrogens (primary N) is 1. The van der Waals surface area contributed by atoms with Gasteiger partial charge in [0.2, 0.25) is 0 Å². The summed E-state index contributed by atoms with van der Waals surface area (Å²) in [5, 5.41) is 0. The van der Waals surface area contributed by atoms with Crippen LogP contribution in [0, 0.1) is 17.8 Å². The van der Waals surface area contributed by atoms with Crippen molar-refractivity contribution in [2.24, 2.45) is 23.5 Å². The molecule has 2 rings (SSSR count). The van der Waals surface area contributed by atoms with E-state index in [4.69, 9.17) is 5.73 Å². The van der Waals surface area contributed by atoms with E-state index in [-0.39, 0.29) is 0 Å². The number of rotatable bonds is 6. The van der Waals surface area contributed by atoms with Crippen LogP contribution in [0.15, 0.2) is 0 Å². The zero-order valence-corrected chi connectivity index (χ0v) is 14.6. The molecule has 3 atom stereocenters. The van der Waals surface area contributed by atoms with Gasteiger partial charge in [0.1, 0.15) is 0 Å². The van der Waals surface area contributed by atoms with Crippen molar-refractivity contribution in [1.29, 1.82) is 0 Å². The fourth-order valence-corrected chi connectivity index (χ4v) is 4.46. The van der Waals surface area contributed by atoms with E-state index in [0.29, 0.717) is 6.04 Å². The third kappa shape index (κ3) is 5.54. The summed E-state index contributed by atoms with van der Waals surface area (Å²) in [6, 6.07) is 0.456. The molecule has 0 spiro atoms. The third-order valence-electron chi connectivity index (χ3n) is 5.67. The quantitative estimate of drug-likeness (QED) is 0.818. The lowest BCUT2D eigenvalue weighted by molar-refractivity contribution is 0.111. The second-order valence-electron chi connectivity index (χ2n) is 7.90. The van der Waals surface area contributed by atoms with Gasteiger partial charge < -0.3 is 15.5 Å². The maximum Gasteiger partial charge on any atom is 0.00795 e. The Morgan fingerprint density at radius 1 is 1.05 bits per heavy atom. The zero-order chi connectivity index (χ0) is 15.2. The molecule has 2 fully saturated rings. The van der Waals surface area contributed by atoms with E-state index in [1.807, 2.05) is 0 Å². The van der Waals surface area contributed by atoms with E-state index in [2.05, 4.69) is 30.8 Å². The first-order valence-corrected chi connectivity index (χ1v) is 9.21. The minimum Gasteiger partial charge on any atom is -0.327 e. The highest BCUT2D eigenvalue weighted by Gasteiger charge is 2.30. The molecule has 1 saturated carbocycles. The van der Waals surface area contributed by atoms with Crippen molar-refractivity contribution in [2.75, 3.05) is 40.3 Å². The molecule has 0 radical (unpaired) electrons. The standard InChI is InChI=1S/C18H37N3/c1-4-5-15-6-7-18(19)17(12-15)14-21-10-8-16(9-11-21)13-20(2)3/h15-18H,4-14,19H2,1-3H3. The Hall–Kier alpha value is -0.120. The Balaban J connectivity index is 1.74. The Bertz CT molecular complexity index is 284. The minimum absolute atomic E-state index is 0.456. The normalized spacial score (nSPS) is 32.7. The molecule has 1 aliphatic carbocycles. The number of piperidine rings is 1. The van der Waals surface area contributed by atoms with Crippen LogP contribution in [-0.4, -0.2) is 56.1 Å². The summed E-state index contributed by atoms with van der Waals surface area (Å²) in [5.41, 5.74) is 6.41. The lowest BCUT2D eigenvalue weighted by atomic mass is 9.76. The zero-order valence-electron chi connectivity index (χ0n) is 14.6. The van der Waals surface area contributed by atoms with E-state index in [1.165, 1.54) is 71.1 Å². The molecule has 3 heteroatoms. The van der Waals surface area contributed by atoms with Gasteiger partial charge in [0, 0.05) is 19.1 Å². The van der Waals surface area contributed by atoms with E-state index >= 15 is 0 Å². The molecule has 0 aromatic carbocycles. The van der Waals surface area contributed by atoms with Crippen molar-refractivity contribution in [2.45, 2.75) is 57.9 Å². The summed E-state index contributed by atoms with van der Waals surface area (Å²) < 4.78 is 0. The highest BCUT2D eigenvalue weighted by molar-refractivity contribution is 4.86. The first-order chi connectivity index (χ1) is 10.1. The molecule has 0 aromatic heterocycles. The minimum atomic E-state index is 0.456. The summed E-state index contributed by atoms with van der Waals surface area (Å²) in [4.78, 5) is 5.04. The van der Waals surface area contributed by atoms with Crippen molar-refractivity contribution in [1.82, 2.24) is 9.80 Å². The van der Waals surface area contributed by atoms with Crippen LogP contribution in [0.4, 0.5) is 0 Å². The van der Waals surface area contributed by atoms with Crippen molar-refractivity contribution >= 4 is 0 Å². The van der Waals surface area contributed by atoms with Gasteiger partial charge in [-0.05, 0) is 77.0 Å². The Morgan fingerprint density at radius 2 is 1.76 bits per heavy atom. The fraction of sp³-hybridized carbons (Fsp3) is 1.00. The molecule has 2 aliphatic rings. The van der Waals surface area contributed by atoms with Gasteiger partial charge in [-0.25, -0.2) is 0 Å². The predicted octanol–water partition coefficient (Wildman–Crippen LogP) is 2.80. The molecule has 124 valence electrons. The first kappa shape index (κ1) is 17.2. The summed E-state index contributed by atoms with van der Waals surface area (Å²) in [5.74, 6) is 2.61. The monoisotopic (exact) mass is 295 g/mol. The lowest BCUT2D eigenvalue weighted by Crippen LogP contribution is -2.46. The molecular formula is C18H37N3. The van der Waals surface area contributed by atoms with Gasteiger partial charge in [-0.1, -0.05) is 19.8 Å². The Kier molecular flexibility index (Phi) is 6.97. The molecule has 0 bridgehead atoms. The molecular weight excluding hydrogens is 258 g/mol. The van der Waals surface area contributed by atoms with Gasteiger partial charge in [0.15, 0.2) is 0 Å². The summed E-state index contributed by atoms with van der Waals surface area (Å²) >= 11 is 0. The molecule has 1 heterocycles. The van der Waals surface area contributed by atoms with Crippen molar-refractivity contribution in [3.05, 3.63) is 0 Å². The topological polar surface area (TPSA) is 32.5 Å². The molecule has 3 nitrogen and oxygen atoms in total. The number of likely N-dealkylation sites (tertiary alicyclic amines) is 1. The van der Waals surface area contributed by atoms with Crippen LogP contribution < -0.4 is 5.73 Å². The van der Waals surface area contributed by atoms with Crippen LogP contribution in [0.3, 0.4) is 0 Å². The van der Waals surface area contributed by atoms with E-state index in [1.54, 1.807) is 0 Å². The van der Waals surface area contributed by atoms with Crippen LogP contribution >= 0.6 is 0 Å². The second-order valence-corrected chi connectivity index (χ2v) is 7.90. The van der Waals surface area contributed by atoms with Crippen molar-refractivity contribution in [3.63, 3.8) is 0 Å². The van der Waals surface area contributed by atoms with Crippen molar-refractivity contribution in [3.8, 4) is 0 Å². The van der Waals surface area contributed by atoms with E-state index in [9.17, 15) is 0 Å². The smallest absolute Gasteiger partial charge is 0.00795 e. The average molecular weight is 296 g/mol. The van der Waals surface area contributed by atoms with Crippen LogP contribution in [0.25, 0.3) is 0 Å². The number of hydrogen-bond donors (Lipinski definition) is 1. The van der Waals surface area contributed by atoms with Gasteiger partial charge in [0.25, 0.3) is 0 Å². The van der Waals surface area contributed by atoms with Crippen molar-refractivity contribution < 1.29 is 0 Å². The fourth-order valence-electron chi connectivity index (χ4n) is 4.46. The van der Waals surface area contributed by atoms with Crippen LogP contribution in [0.5, 0.6) is 0 Å². The maximum atomic E-state index is 6.41. The highest BCUT2D eigenvalue weighted by atomic mass is 15.1. The largest absolute Gasteiger partial charge is 0.327 e. The molecule has 1 aliphatic heterocycles. The van der Waals surface area contributed by atoms with Gasteiger partial charge in [-0.3, -0.25) is 0 Å².